The Morgan fingerprint density at radius 2 is 0.949 bits per heavy atom. The topological polar surface area (TPSA) is 99.1 Å². The van der Waals surface area contributed by atoms with Gasteiger partial charge in [0.2, 0.25) is 0 Å². The number of carbonyl (C=O) groups is 3. The monoisotopic (exact) mass is 827 g/mol. The first-order valence-corrected chi connectivity index (χ1v) is 23.5. The number of rotatable bonds is 41. The SMILES string of the molecule is CC/C=C/C/C=C/CCCCCCCCCC(=O)OCC(COCCC(C(=O)O)[N+](C)(C)C)OC(=O)CCCCCCC/C=C/C/C=C/C/C=C/C/C=C/CCCCC. The number of unbranched alkanes of at least 4 members (excludes halogenated alkanes) is 15. The molecular formula is C51H88NO7+. The second kappa shape index (κ2) is 41.5. The highest BCUT2D eigenvalue weighted by atomic mass is 16.6. The number of hydrogen-bond donors (Lipinski definition) is 1. The molecule has 0 bridgehead atoms. The summed E-state index contributed by atoms with van der Waals surface area (Å²) in [5.41, 5.74) is 0. The number of allylic oxidation sites excluding steroid dienone is 12. The van der Waals surface area contributed by atoms with E-state index in [4.69, 9.17) is 14.2 Å². The summed E-state index contributed by atoms with van der Waals surface area (Å²) in [6.07, 6.45) is 52.3. The Kier molecular flexibility index (Phi) is 39.2. The zero-order valence-corrected chi connectivity index (χ0v) is 38.4. The van der Waals surface area contributed by atoms with Gasteiger partial charge in [0.05, 0.1) is 34.4 Å². The van der Waals surface area contributed by atoms with E-state index in [0.717, 1.165) is 96.3 Å². The number of carboxylic acids is 1. The number of esters is 2. The highest BCUT2D eigenvalue weighted by Gasteiger charge is 2.31. The Balaban J connectivity index is 4.36. The second-order valence-corrected chi connectivity index (χ2v) is 16.6. The van der Waals surface area contributed by atoms with E-state index in [1.165, 1.54) is 51.4 Å². The van der Waals surface area contributed by atoms with Gasteiger partial charge < -0.3 is 23.8 Å². The van der Waals surface area contributed by atoms with Crippen LogP contribution in [0.5, 0.6) is 0 Å². The molecule has 59 heavy (non-hydrogen) atoms. The molecule has 0 amide bonds. The van der Waals surface area contributed by atoms with Gasteiger partial charge >= 0.3 is 17.9 Å². The smallest absolute Gasteiger partial charge is 0.362 e. The van der Waals surface area contributed by atoms with Gasteiger partial charge in [-0.25, -0.2) is 4.79 Å². The molecule has 0 heterocycles. The fourth-order valence-electron chi connectivity index (χ4n) is 6.46. The Morgan fingerprint density at radius 1 is 0.525 bits per heavy atom. The molecule has 0 aromatic heterocycles. The first-order chi connectivity index (χ1) is 28.6. The molecule has 2 unspecified atom stereocenters. The predicted molar refractivity (Wildman–Crippen MR) is 247 cm³/mol. The van der Waals surface area contributed by atoms with Crippen molar-refractivity contribution in [2.45, 2.75) is 193 Å². The van der Waals surface area contributed by atoms with Crippen LogP contribution in [0.1, 0.15) is 181 Å². The van der Waals surface area contributed by atoms with Crippen molar-refractivity contribution < 1.29 is 38.2 Å². The highest BCUT2D eigenvalue weighted by molar-refractivity contribution is 5.72. The first-order valence-electron chi connectivity index (χ1n) is 23.5. The number of carboxylic acid groups (broad SMARTS) is 1. The summed E-state index contributed by atoms with van der Waals surface area (Å²) in [6.45, 7) is 4.57. The minimum absolute atomic E-state index is 0.0473. The zero-order valence-electron chi connectivity index (χ0n) is 38.4. The molecule has 0 saturated carbocycles. The molecule has 0 spiro atoms. The molecule has 338 valence electrons. The van der Waals surface area contributed by atoms with Gasteiger partial charge in [-0.2, -0.15) is 0 Å². The lowest BCUT2D eigenvalue weighted by molar-refractivity contribution is -0.887. The third kappa shape index (κ3) is 40.0. The molecular weight excluding hydrogens is 739 g/mol. The van der Waals surface area contributed by atoms with Gasteiger partial charge in [-0.05, 0) is 83.5 Å². The van der Waals surface area contributed by atoms with E-state index in [1.54, 1.807) is 0 Å². The van der Waals surface area contributed by atoms with E-state index in [9.17, 15) is 19.5 Å². The third-order valence-electron chi connectivity index (χ3n) is 10.1. The van der Waals surface area contributed by atoms with Crippen molar-refractivity contribution in [3.8, 4) is 0 Å². The van der Waals surface area contributed by atoms with Gasteiger partial charge in [0.15, 0.2) is 12.1 Å². The Labute approximate surface area is 361 Å². The van der Waals surface area contributed by atoms with Gasteiger partial charge in [0.1, 0.15) is 6.61 Å². The van der Waals surface area contributed by atoms with Crippen LogP contribution < -0.4 is 0 Å². The maximum Gasteiger partial charge on any atom is 0.362 e. The minimum Gasteiger partial charge on any atom is -0.477 e. The van der Waals surface area contributed by atoms with Crippen LogP contribution >= 0.6 is 0 Å². The van der Waals surface area contributed by atoms with Crippen molar-refractivity contribution in [1.82, 2.24) is 0 Å². The molecule has 0 aliphatic heterocycles. The molecule has 1 N–H and O–H groups in total. The Hall–Kier alpha value is -3.23. The third-order valence-corrected chi connectivity index (χ3v) is 10.1. The fourth-order valence-corrected chi connectivity index (χ4v) is 6.46. The molecule has 0 aromatic rings. The van der Waals surface area contributed by atoms with Crippen molar-refractivity contribution in [2.75, 3.05) is 41.0 Å². The van der Waals surface area contributed by atoms with Gasteiger partial charge in [0.25, 0.3) is 0 Å². The second-order valence-electron chi connectivity index (χ2n) is 16.6. The van der Waals surface area contributed by atoms with Crippen LogP contribution in [0.25, 0.3) is 0 Å². The molecule has 0 aliphatic carbocycles. The largest absolute Gasteiger partial charge is 0.477 e. The number of likely N-dealkylation sites (N-methyl/N-ethyl adjacent to an activating group) is 1. The summed E-state index contributed by atoms with van der Waals surface area (Å²) in [5.74, 6) is -1.51. The molecule has 0 fully saturated rings. The molecule has 8 nitrogen and oxygen atoms in total. The van der Waals surface area contributed by atoms with E-state index < -0.39 is 18.1 Å². The van der Waals surface area contributed by atoms with Crippen LogP contribution in [0.4, 0.5) is 0 Å². The summed E-state index contributed by atoms with van der Waals surface area (Å²) in [6, 6.07) is -0.623. The normalized spacial score (nSPS) is 13.6. The average Bonchev–Trinajstić information content (AvgIpc) is 3.19. The summed E-state index contributed by atoms with van der Waals surface area (Å²) in [4.78, 5) is 37.0. The molecule has 0 aromatic carbocycles. The lowest BCUT2D eigenvalue weighted by atomic mass is 10.1. The van der Waals surface area contributed by atoms with E-state index in [1.807, 2.05) is 21.1 Å². The summed E-state index contributed by atoms with van der Waals surface area (Å²) in [5, 5.41) is 9.63. The quantitative estimate of drug-likeness (QED) is 0.0284. The average molecular weight is 827 g/mol. The predicted octanol–water partition coefficient (Wildman–Crippen LogP) is 13.1. The van der Waals surface area contributed by atoms with Crippen LogP contribution in [0.2, 0.25) is 0 Å². The van der Waals surface area contributed by atoms with Gasteiger partial charge in [-0.15, -0.1) is 0 Å². The number of nitrogens with zero attached hydrogens (tertiary/aromatic N) is 1. The lowest BCUT2D eigenvalue weighted by Crippen LogP contribution is -2.50. The number of ether oxygens (including phenoxy) is 3. The summed E-state index contributed by atoms with van der Waals surface area (Å²) < 4.78 is 17.3. The number of carbonyl (C=O) groups excluding carboxylic acids is 2. The first kappa shape index (κ1) is 55.8. The van der Waals surface area contributed by atoms with Crippen LogP contribution in [0.3, 0.4) is 0 Å². The molecule has 0 saturated heterocycles. The molecule has 0 radical (unpaired) electrons. The Bertz CT molecular complexity index is 1190. The molecule has 0 rings (SSSR count). The molecule has 2 atom stereocenters. The summed E-state index contributed by atoms with van der Waals surface area (Å²) in [7, 11) is 5.51. The van der Waals surface area contributed by atoms with Gasteiger partial charge in [0, 0.05) is 19.3 Å². The van der Waals surface area contributed by atoms with Crippen molar-refractivity contribution in [1.29, 1.82) is 0 Å². The number of quaternary nitrogens is 1. The maximum absolute atomic E-state index is 12.8. The summed E-state index contributed by atoms with van der Waals surface area (Å²) >= 11 is 0. The zero-order chi connectivity index (χ0) is 43.5. The van der Waals surface area contributed by atoms with Crippen molar-refractivity contribution in [2.24, 2.45) is 0 Å². The maximum atomic E-state index is 12.8. The van der Waals surface area contributed by atoms with Crippen molar-refractivity contribution in [3.63, 3.8) is 0 Å². The van der Waals surface area contributed by atoms with Crippen molar-refractivity contribution >= 4 is 17.9 Å². The van der Waals surface area contributed by atoms with Gasteiger partial charge in [-0.3, -0.25) is 9.59 Å². The molecule has 8 heteroatoms. The van der Waals surface area contributed by atoms with Crippen LogP contribution in [0.15, 0.2) is 72.9 Å². The van der Waals surface area contributed by atoms with Gasteiger partial charge in [-0.1, -0.05) is 151 Å². The van der Waals surface area contributed by atoms with Crippen molar-refractivity contribution in [3.05, 3.63) is 72.9 Å². The standard InChI is InChI=1S/C51H87NO7/c1-6-8-10-12-14-16-18-20-22-23-24-25-26-27-28-30-32-34-36-38-40-42-50(54)59-47(45-57-44-43-48(51(55)56)52(3,4)5)46-58-49(53)41-39-37-35-33-31-29-21-19-17-15-13-11-9-7-2/h9,11,14-17,20,22,24-25,27-28,47-48H,6-8,10,12-13,18-19,21,23,26,29-46H2,1-5H3/p+1/b11-9+,16-14+,17-15+,22-20+,25-24+,28-27+. The van der Waals surface area contributed by atoms with Crippen LogP contribution in [0, 0.1) is 0 Å². The van der Waals surface area contributed by atoms with E-state index in [2.05, 4.69) is 86.8 Å². The number of aliphatic carboxylic acids is 1. The van der Waals surface area contributed by atoms with E-state index in [0.29, 0.717) is 19.3 Å². The number of hydrogen-bond acceptors (Lipinski definition) is 6. The molecule has 0 aliphatic rings. The Morgan fingerprint density at radius 3 is 1.41 bits per heavy atom. The fraction of sp³-hybridized carbons (Fsp3) is 0.706. The minimum atomic E-state index is -0.882. The van der Waals surface area contributed by atoms with Crippen LogP contribution in [-0.4, -0.2) is 80.6 Å². The van der Waals surface area contributed by atoms with Crippen LogP contribution in [-0.2, 0) is 28.6 Å². The van der Waals surface area contributed by atoms with E-state index in [-0.39, 0.29) is 36.2 Å². The lowest BCUT2D eigenvalue weighted by Gasteiger charge is -2.31. The highest BCUT2D eigenvalue weighted by Crippen LogP contribution is 2.13. The van der Waals surface area contributed by atoms with E-state index >= 15 is 0 Å².